The molecule has 0 spiro atoms. The van der Waals surface area contributed by atoms with Crippen molar-refractivity contribution in [3.05, 3.63) is 52.8 Å². The van der Waals surface area contributed by atoms with E-state index in [1.165, 1.54) is 12.1 Å². The van der Waals surface area contributed by atoms with Gasteiger partial charge in [0.05, 0.1) is 5.02 Å². The number of aromatic nitrogens is 1. The molecule has 0 saturated heterocycles. The smallest absolute Gasteiger partial charge is 0.227 e. The number of fused-ring (bicyclic) bond motifs is 1. The number of hydrogen-bond donors (Lipinski definition) is 1. The van der Waals surface area contributed by atoms with E-state index in [2.05, 4.69) is 10.3 Å². The molecule has 1 heterocycles. The van der Waals surface area contributed by atoms with Crippen LogP contribution in [0.3, 0.4) is 0 Å². The van der Waals surface area contributed by atoms with Crippen molar-refractivity contribution in [2.45, 2.75) is 6.42 Å². The lowest BCUT2D eigenvalue weighted by Gasteiger charge is -2.05. The number of likely N-dealkylation sites (N-methyl/N-ethyl adjacent to an activating group) is 1. The minimum absolute atomic E-state index is 0.233. The van der Waals surface area contributed by atoms with Crippen molar-refractivity contribution < 1.29 is 8.81 Å². The van der Waals surface area contributed by atoms with Crippen LogP contribution in [0.2, 0.25) is 5.02 Å². The Morgan fingerprint density at radius 3 is 2.90 bits per heavy atom. The minimum atomic E-state index is -0.421. The predicted molar refractivity (Wildman–Crippen MR) is 82.0 cm³/mol. The van der Waals surface area contributed by atoms with Crippen molar-refractivity contribution in [2.75, 3.05) is 13.6 Å². The zero-order valence-corrected chi connectivity index (χ0v) is 12.2. The fraction of sp³-hybridized carbons (Fsp3) is 0.188. The van der Waals surface area contributed by atoms with Gasteiger partial charge in [-0.05, 0) is 37.7 Å². The molecule has 0 fully saturated rings. The number of hydrogen-bond acceptors (Lipinski definition) is 3. The van der Waals surface area contributed by atoms with Crippen LogP contribution < -0.4 is 5.32 Å². The van der Waals surface area contributed by atoms with Gasteiger partial charge in [-0.25, -0.2) is 9.37 Å². The van der Waals surface area contributed by atoms with Gasteiger partial charge in [0.1, 0.15) is 11.3 Å². The molecule has 1 N–H and O–H groups in total. The summed E-state index contributed by atoms with van der Waals surface area (Å²) in [5.41, 5.74) is 2.87. The van der Waals surface area contributed by atoms with Crippen LogP contribution in [0.25, 0.3) is 22.6 Å². The van der Waals surface area contributed by atoms with Crippen LogP contribution in [0, 0.1) is 5.82 Å². The fourth-order valence-electron chi connectivity index (χ4n) is 2.28. The van der Waals surface area contributed by atoms with Crippen molar-refractivity contribution >= 4 is 22.7 Å². The molecule has 108 valence electrons. The van der Waals surface area contributed by atoms with E-state index >= 15 is 0 Å². The van der Waals surface area contributed by atoms with Gasteiger partial charge in [-0.2, -0.15) is 0 Å². The maximum absolute atomic E-state index is 13.4. The standard InChI is InChI=1S/C16H14ClFN2O/c1-19-7-6-10-4-2-3-5-12(10)16-20-14-9-11(18)8-13(17)15(14)21-16/h2-5,8-9,19H,6-7H2,1H3. The van der Waals surface area contributed by atoms with Crippen molar-refractivity contribution in [3.8, 4) is 11.5 Å². The minimum Gasteiger partial charge on any atom is -0.434 e. The summed E-state index contributed by atoms with van der Waals surface area (Å²) in [6, 6.07) is 10.4. The molecule has 0 aliphatic heterocycles. The lowest BCUT2D eigenvalue weighted by Crippen LogP contribution is -2.10. The Morgan fingerprint density at radius 2 is 2.10 bits per heavy atom. The molecule has 0 unspecified atom stereocenters. The number of nitrogens with zero attached hydrogens (tertiary/aromatic N) is 1. The summed E-state index contributed by atoms with van der Waals surface area (Å²) >= 11 is 6.00. The van der Waals surface area contributed by atoms with Crippen LogP contribution in [-0.2, 0) is 6.42 Å². The number of halogens is 2. The van der Waals surface area contributed by atoms with Crippen LogP contribution >= 0.6 is 11.6 Å². The molecule has 0 atom stereocenters. The van der Waals surface area contributed by atoms with Crippen molar-refractivity contribution in [2.24, 2.45) is 0 Å². The van der Waals surface area contributed by atoms with Crippen LogP contribution in [-0.4, -0.2) is 18.6 Å². The molecule has 21 heavy (non-hydrogen) atoms. The van der Waals surface area contributed by atoms with Crippen molar-refractivity contribution in [1.82, 2.24) is 10.3 Å². The van der Waals surface area contributed by atoms with E-state index in [1.807, 2.05) is 31.3 Å². The first-order chi connectivity index (χ1) is 10.2. The van der Waals surface area contributed by atoms with Crippen LogP contribution in [0.1, 0.15) is 5.56 Å². The second-order valence-corrected chi connectivity index (χ2v) is 5.17. The van der Waals surface area contributed by atoms with Crippen molar-refractivity contribution in [1.29, 1.82) is 0 Å². The molecule has 3 nitrogen and oxygen atoms in total. The largest absolute Gasteiger partial charge is 0.434 e. The second-order valence-electron chi connectivity index (χ2n) is 4.77. The topological polar surface area (TPSA) is 38.1 Å². The normalized spacial score (nSPS) is 11.2. The zero-order chi connectivity index (χ0) is 14.8. The molecular weight excluding hydrogens is 291 g/mol. The molecule has 3 aromatic rings. The predicted octanol–water partition coefficient (Wildman–Crippen LogP) is 4.05. The number of nitrogens with one attached hydrogen (secondary N) is 1. The first-order valence-corrected chi connectivity index (χ1v) is 7.05. The average molecular weight is 305 g/mol. The zero-order valence-electron chi connectivity index (χ0n) is 11.5. The highest BCUT2D eigenvalue weighted by Gasteiger charge is 2.14. The van der Waals surface area contributed by atoms with E-state index in [9.17, 15) is 4.39 Å². The van der Waals surface area contributed by atoms with Crippen LogP contribution in [0.4, 0.5) is 4.39 Å². The second kappa shape index (κ2) is 5.84. The number of benzene rings is 2. The van der Waals surface area contributed by atoms with Gasteiger partial charge in [-0.15, -0.1) is 0 Å². The van der Waals surface area contributed by atoms with Gasteiger partial charge in [0, 0.05) is 11.6 Å². The molecule has 1 aromatic heterocycles. The molecule has 0 bridgehead atoms. The summed E-state index contributed by atoms with van der Waals surface area (Å²) in [5, 5.41) is 3.35. The van der Waals surface area contributed by atoms with E-state index in [-0.39, 0.29) is 5.02 Å². The Hall–Kier alpha value is -1.91. The summed E-state index contributed by atoms with van der Waals surface area (Å²) < 4.78 is 19.1. The monoisotopic (exact) mass is 304 g/mol. The van der Waals surface area contributed by atoms with Gasteiger partial charge in [0.15, 0.2) is 5.58 Å². The fourth-order valence-corrected chi connectivity index (χ4v) is 2.52. The summed E-state index contributed by atoms with van der Waals surface area (Å²) in [6.07, 6.45) is 0.855. The van der Waals surface area contributed by atoms with Crippen LogP contribution in [0.5, 0.6) is 0 Å². The third-order valence-electron chi connectivity index (χ3n) is 3.30. The third kappa shape index (κ3) is 2.77. The molecule has 0 aliphatic carbocycles. The first kappa shape index (κ1) is 14.0. The number of oxazole rings is 1. The molecule has 0 radical (unpaired) electrons. The van der Waals surface area contributed by atoms with E-state index < -0.39 is 5.82 Å². The molecule has 0 saturated carbocycles. The highest BCUT2D eigenvalue weighted by Crippen LogP contribution is 2.31. The Balaban J connectivity index is 2.10. The molecule has 3 rings (SSSR count). The highest BCUT2D eigenvalue weighted by atomic mass is 35.5. The maximum atomic E-state index is 13.4. The summed E-state index contributed by atoms with van der Waals surface area (Å²) in [5.74, 6) is 0.0417. The van der Waals surface area contributed by atoms with Gasteiger partial charge in [-0.3, -0.25) is 0 Å². The number of rotatable bonds is 4. The third-order valence-corrected chi connectivity index (χ3v) is 3.58. The summed E-state index contributed by atoms with van der Waals surface area (Å²) in [7, 11) is 1.91. The first-order valence-electron chi connectivity index (χ1n) is 6.67. The van der Waals surface area contributed by atoms with E-state index in [0.29, 0.717) is 17.0 Å². The summed E-state index contributed by atoms with van der Waals surface area (Å²) in [4.78, 5) is 4.36. The van der Waals surface area contributed by atoms with Gasteiger partial charge >= 0.3 is 0 Å². The molecule has 2 aromatic carbocycles. The molecular formula is C16H14ClFN2O. The van der Waals surface area contributed by atoms with Gasteiger partial charge in [0.2, 0.25) is 5.89 Å². The SMILES string of the molecule is CNCCc1ccccc1-c1nc2cc(F)cc(Cl)c2o1. The van der Waals surface area contributed by atoms with Crippen LogP contribution in [0.15, 0.2) is 40.8 Å². The molecule has 0 aliphatic rings. The molecule has 5 heteroatoms. The van der Waals surface area contributed by atoms with Gasteiger partial charge in [-0.1, -0.05) is 29.8 Å². The summed E-state index contributed by atoms with van der Waals surface area (Å²) in [6.45, 7) is 0.854. The van der Waals surface area contributed by atoms with E-state index in [0.717, 1.165) is 24.1 Å². The maximum Gasteiger partial charge on any atom is 0.227 e. The van der Waals surface area contributed by atoms with E-state index in [4.69, 9.17) is 16.0 Å². The Labute approximate surface area is 126 Å². The van der Waals surface area contributed by atoms with Crippen molar-refractivity contribution in [3.63, 3.8) is 0 Å². The van der Waals surface area contributed by atoms with Gasteiger partial charge in [0.25, 0.3) is 0 Å². The Bertz CT molecular complexity index is 785. The quantitative estimate of drug-likeness (QED) is 0.790. The lowest BCUT2D eigenvalue weighted by atomic mass is 10.0. The Kier molecular flexibility index (Phi) is 3.90. The average Bonchev–Trinajstić information content (AvgIpc) is 2.89. The molecule has 0 amide bonds. The lowest BCUT2D eigenvalue weighted by molar-refractivity contribution is 0.613. The highest BCUT2D eigenvalue weighted by molar-refractivity contribution is 6.34. The van der Waals surface area contributed by atoms with Gasteiger partial charge < -0.3 is 9.73 Å². The Morgan fingerprint density at radius 1 is 1.29 bits per heavy atom. The van der Waals surface area contributed by atoms with E-state index in [1.54, 1.807) is 0 Å².